The molecule has 2 heterocycles. The van der Waals surface area contributed by atoms with Gasteiger partial charge in [-0.15, -0.1) is 0 Å². The molecule has 1 aliphatic heterocycles. The lowest BCUT2D eigenvalue weighted by atomic mass is 10.4. The van der Waals surface area contributed by atoms with Crippen molar-refractivity contribution in [3.8, 4) is 0 Å². The third-order valence-electron chi connectivity index (χ3n) is 2.50. The van der Waals surface area contributed by atoms with Gasteiger partial charge in [0.1, 0.15) is 6.26 Å². The molecule has 5 heteroatoms. The summed E-state index contributed by atoms with van der Waals surface area (Å²) in [5.74, 6) is 0. The first-order chi connectivity index (χ1) is 6.83. The molecule has 2 rings (SSSR count). The number of nitrogens with two attached hydrogens (primary N) is 1. The Labute approximate surface area is 87.9 Å². The summed E-state index contributed by atoms with van der Waals surface area (Å²) in [7, 11) is 0. The van der Waals surface area contributed by atoms with Crippen molar-refractivity contribution in [3.05, 3.63) is 12.0 Å². The van der Waals surface area contributed by atoms with E-state index in [-0.39, 0.29) is 0 Å². The Morgan fingerprint density at radius 3 is 3.21 bits per heavy atom. The maximum Gasteiger partial charge on any atom is 0.297 e. The molecule has 0 amide bonds. The minimum absolute atomic E-state index is 0.448. The summed E-state index contributed by atoms with van der Waals surface area (Å²) < 4.78 is 5.36. The molecule has 0 radical (unpaired) electrons. The van der Waals surface area contributed by atoms with E-state index in [0.717, 1.165) is 24.8 Å². The molecule has 4 nitrogen and oxygen atoms in total. The summed E-state index contributed by atoms with van der Waals surface area (Å²) in [5, 5.41) is 0.711. The van der Waals surface area contributed by atoms with Crippen molar-refractivity contribution in [1.29, 1.82) is 0 Å². The fourth-order valence-electron chi connectivity index (χ4n) is 1.63. The largest absolute Gasteiger partial charge is 0.432 e. The minimum atomic E-state index is 0.448. The summed E-state index contributed by atoms with van der Waals surface area (Å²) in [6.07, 6.45) is 5.00. The Bertz CT molecular complexity index is 302. The highest BCUT2D eigenvalue weighted by molar-refractivity contribution is 7.99. The fraction of sp³-hybridized carbons (Fsp3) is 0.667. The molecular formula is C9H15N3OS. The van der Waals surface area contributed by atoms with Gasteiger partial charge in [-0.2, -0.15) is 16.7 Å². The van der Waals surface area contributed by atoms with Crippen LogP contribution in [0.1, 0.15) is 12.1 Å². The highest BCUT2D eigenvalue weighted by Gasteiger charge is 2.24. The normalized spacial score (nSPS) is 21.9. The maximum atomic E-state index is 5.47. The summed E-state index contributed by atoms with van der Waals surface area (Å²) in [6.45, 7) is 2.52. The first-order valence-electron chi connectivity index (χ1n) is 4.75. The molecule has 0 bridgehead atoms. The standard InChI is InChI=1S/C9H15N3OS/c1-14-8-2-3-12(5-8)9-11-7(4-10)6-13-9/h6,8H,2-5,10H2,1H3. The molecular weight excluding hydrogens is 198 g/mol. The van der Waals surface area contributed by atoms with Crippen molar-refractivity contribution >= 4 is 17.8 Å². The van der Waals surface area contributed by atoms with Gasteiger partial charge in [0.25, 0.3) is 6.01 Å². The molecule has 1 aromatic rings. The summed E-state index contributed by atoms with van der Waals surface area (Å²) in [4.78, 5) is 6.49. The maximum absolute atomic E-state index is 5.47. The monoisotopic (exact) mass is 213 g/mol. The first kappa shape index (κ1) is 9.86. The van der Waals surface area contributed by atoms with Gasteiger partial charge in [0.05, 0.1) is 5.69 Å². The van der Waals surface area contributed by atoms with Crippen LogP contribution in [0.25, 0.3) is 0 Å². The van der Waals surface area contributed by atoms with Crippen molar-refractivity contribution in [2.75, 3.05) is 24.2 Å². The average molecular weight is 213 g/mol. The van der Waals surface area contributed by atoms with E-state index in [1.165, 1.54) is 6.42 Å². The number of anilines is 1. The van der Waals surface area contributed by atoms with Gasteiger partial charge in [-0.25, -0.2) is 0 Å². The van der Waals surface area contributed by atoms with Crippen LogP contribution in [0.15, 0.2) is 10.7 Å². The topological polar surface area (TPSA) is 55.3 Å². The predicted molar refractivity (Wildman–Crippen MR) is 58.5 cm³/mol. The number of rotatable bonds is 3. The Morgan fingerprint density at radius 1 is 1.79 bits per heavy atom. The third kappa shape index (κ3) is 1.88. The summed E-state index contributed by atoms with van der Waals surface area (Å²) >= 11 is 1.91. The number of aromatic nitrogens is 1. The zero-order chi connectivity index (χ0) is 9.97. The van der Waals surface area contributed by atoms with Crippen LogP contribution in [0.2, 0.25) is 0 Å². The predicted octanol–water partition coefficient (Wildman–Crippen LogP) is 1.08. The van der Waals surface area contributed by atoms with Crippen LogP contribution in [0.5, 0.6) is 0 Å². The quantitative estimate of drug-likeness (QED) is 0.814. The van der Waals surface area contributed by atoms with Crippen LogP contribution >= 0.6 is 11.8 Å². The highest BCUT2D eigenvalue weighted by atomic mass is 32.2. The zero-order valence-corrected chi connectivity index (χ0v) is 9.09. The molecule has 2 N–H and O–H groups in total. The van der Waals surface area contributed by atoms with Gasteiger partial charge in [-0.05, 0) is 12.7 Å². The average Bonchev–Trinajstić information content (AvgIpc) is 2.86. The highest BCUT2D eigenvalue weighted by Crippen LogP contribution is 2.25. The molecule has 1 fully saturated rings. The molecule has 0 spiro atoms. The summed E-state index contributed by atoms with van der Waals surface area (Å²) in [6, 6.07) is 0.724. The third-order valence-corrected chi connectivity index (χ3v) is 3.55. The summed E-state index contributed by atoms with van der Waals surface area (Å²) in [5.41, 5.74) is 6.30. The second-order valence-electron chi connectivity index (χ2n) is 3.42. The van der Waals surface area contributed by atoms with Crippen molar-refractivity contribution < 1.29 is 4.42 Å². The van der Waals surface area contributed by atoms with Gasteiger partial charge in [0.15, 0.2) is 0 Å². The van der Waals surface area contributed by atoms with Crippen LogP contribution in [0.3, 0.4) is 0 Å². The van der Waals surface area contributed by atoms with E-state index < -0.39 is 0 Å². The molecule has 0 saturated carbocycles. The molecule has 1 aliphatic rings. The Balaban J connectivity index is 2.02. The van der Waals surface area contributed by atoms with E-state index >= 15 is 0 Å². The second kappa shape index (κ2) is 4.23. The Morgan fingerprint density at radius 2 is 2.64 bits per heavy atom. The van der Waals surface area contributed by atoms with Crippen LogP contribution in [-0.4, -0.2) is 29.6 Å². The second-order valence-corrected chi connectivity index (χ2v) is 4.56. The van der Waals surface area contributed by atoms with Gasteiger partial charge in [0, 0.05) is 24.9 Å². The van der Waals surface area contributed by atoms with Crippen molar-refractivity contribution in [1.82, 2.24) is 4.98 Å². The first-order valence-corrected chi connectivity index (χ1v) is 6.04. The molecule has 1 atom stereocenters. The van der Waals surface area contributed by atoms with Gasteiger partial charge in [-0.3, -0.25) is 0 Å². The van der Waals surface area contributed by atoms with Gasteiger partial charge < -0.3 is 15.1 Å². The smallest absolute Gasteiger partial charge is 0.297 e. The number of nitrogens with zero attached hydrogens (tertiary/aromatic N) is 2. The fourth-order valence-corrected chi connectivity index (χ4v) is 2.30. The molecule has 1 unspecified atom stereocenters. The van der Waals surface area contributed by atoms with E-state index in [9.17, 15) is 0 Å². The van der Waals surface area contributed by atoms with E-state index in [4.69, 9.17) is 10.2 Å². The number of hydrogen-bond acceptors (Lipinski definition) is 5. The van der Waals surface area contributed by atoms with Crippen LogP contribution in [-0.2, 0) is 6.54 Å². The van der Waals surface area contributed by atoms with Crippen molar-refractivity contribution in [3.63, 3.8) is 0 Å². The minimum Gasteiger partial charge on any atom is -0.432 e. The van der Waals surface area contributed by atoms with Crippen molar-refractivity contribution in [2.24, 2.45) is 5.73 Å². The Kier molecular flexibility index (Phi) is 2.98. The Hall–Kier alpha value is -0.680. The lowest BCUT2D eigenvalue weighted by Crippen LogP contribution is -2.20. The van der Waals surface area contributed by atoms with Gasteiger partial charge in [-0.1, -0.05) is 0 Å². The van der Waals surface area contributed by atoms with E-state index in [0.29, 0.717) is 11.8 Å². The van der Waals surface area contributed by atoms with Gasteiger partial charge >= 0.3 is 0 Å². The number of thioether (sulfide) groups is 1. The van der Waals surface area contributed by atoms with Crippen LogP contribution in [0, 0.1) is 0 Å². The molecule has 78 valence electrons. The number of oxazole rings is 1. The lowest BCUT2D eigenvalue weighted by molar-refractivity contribution is 0.546. The van der Waals surface area contributed by atoms with Gasteiger partial charge in [0.2, 0.25) is 0 Å². The van der Waals surface area contributed by atoms with E-state index in [1.54, 1.807) is 6.26 Å². The van der Waals surface area contributed by atoms with Crippen molar-refractivity contribution in [2.45, 2.75) is 18.2 Å². The SMILES string of the molecule is CSC1CCN(c2nc(CN)co2)C1. The molecule has 1 aromatic heterocycles. The molecule has 14 heavy (non-hydrogen) atoms. The number of hydrogen-bond donors (Lipinski definition) is 1. The van der Waals surface area contributed by atoms with E-state index in [2.05, 4.69) is 16.1 Å². The molecule has 1 saturated heterocycles. The van der Waals surface area contributed by atoms with Crippen LogP contribution < -0.4 is 10.6 Å². The zero-order valence-electron chi connectivity index (χ0n) is 8.27. The molecule has 0 aromatic carbocycles. The van der Waals surface area contributed by atoms with Crippen LogP contribution in [0.4, 0.5) is 6.01 Å². The lowest BCUT2D eigenvalue weighted by Gasteiger charge is -2.12. The van der Waals surface area contributed by atoms with E-state index in [1.807, 2.05) is 11.8 Å². The molecule has 0 aliphatic carbocycles.